The van der Waals surface area contributed by atoms with Gasteiger partial charge in [0, 0.05) is 11.3 Å². The lowest BCUT2D eigenvalue weighted by Crippen LogP contribution is -2.39. The minimum Gasteiger partial charge on any atom is -0.491 e. The number of carbonyl (C=O) groups excluding carboxylic acids is 4. The Hall–Kier alpha value is -3.88. The Balaban J connectivity index is 1.60. The van der Waals surface area contributed by atoms with Crippen LogP contribution in [0.3, 0.4) is 0 Å². The number of hydrogen-bond acceptors (Lipinski definition) is 6. The number of anilines is 2. The summed E-state index contributed by atoms with van der Waals surface area (Å²) in [6.07, 6.45) is -0.971. The van der Waals surface area contributed by atoms with Crippen molar-refractivity contribution in [3.63, 3.8) is 0 Å². The topological polar surface area (TPSA) is 128 Å². The average molecular weight is 411 g/mol. The van der Waals surface area contributed by atoms with Gasteiger partial charge >= 0.3 is 5.97 Å². The Kier molecular flexibility index (Phi) is 6.31. The summed E-state index contributed by atoms with van der Waals surface area (Å²) in [7, 11) is 0. The Labute approximate surface area is 172 Å². The number of amides is 3. The maximum atomic E-state index is 12.4. The van der Waals surface area contributed by atoms with Gasteiger partial charge in [0.25, 0.3) is 5.91 Å². The zero-order valence-electron chi connectivity index (χ0n) is 16.3. The number of nitrogens with two attached hydrogens (primary N) is 1. The van der Waals surface area contributed by atoms with Crippen LogP contribution >= 0.6 is 0 Å². The van der Waals surface area contributed by atoms with Gasteiger partial charge in [-0.15, -0.1) is 0 Å². The Morgan fingerprint density at radius 3 is 2.57 bits per heavy atom. The van der Waals surface area contributed by atoms with Gasteiger partial charge in [0.05, 0.1) is 18.7 Å². The van der Waals surface area contributed by atoms with Crippen molar-refractivity contribution in [3.05, 3.63) is 54.1 Å². The van der Waals surface area contributed by atoms with Gasteiger partial charge in [-0.05, 0) is 43.3 Å². The lowest BCUT2D eigenvalue weighted by atomic mass is 10.2. The van der Waals surface area contributed by atoms with Crippen molar-refractivity contribution in [1.29, 1.82) is 0 Å². The number of hydrogen-bond donors (Lipinski definition) is 2. The van der Waals surface area contributed by atoms with Crippen LogP contribution in [0.5, 0.6) is 5.75 Å². The molecule has 0 unspecified atom stereocenters. The molecule has 0 aliphatic carbocycles. The summed E-state index contributed by atoms with van der Waals surface area (Å²) in [5.74, 6) is -1.64. The Bertz CT molecular complexity index is 973. The van der Waals surface area contributed by atoms with E-state index in [0.717, 1.165) is 0 Å². The molecule has 1 heterocycles. The number of fused-ring (bicyclic) bond motifs is 1. The third-order valence-electron chi connectivity index (χ3n) is 4.43. The molecule has 0 bridgehead atoms. The van der Waals surface area contributed by atoms with Crippen LogP contribution in [-0.4, -0.2) is 42.9 Å². The zero-order valence-corrected chi connectivity index (χ0v) is 16.3. The molecule has 9 nitrogen and oxygen atoms in total. The molecule has 30 heavy (non-hydrogen) atoms. The number of para-hydroxylation sites is 2. The fraction of sp³-hybridized carbons (Fsp3) is 0.238. The highest BCUT2D eigenvalue weighted by molar-refractivity contribution is 6.00. The van der Waals surface area contributed by atoms with Crippen molar-refractivity contribution < 1.29 is 28.7 Å². The highest BCUT2D eigenvalue weighted by atomic mass is 16.5. The lowest BCUT2D eigenvalue weighted by Gasteiger charge is -2.22. The van der Waals surface area contributed by atoms with E-state index < -0.39 is 23.9 Å². The van der Waals surface area contributed by atoms with Gasteiger partial charge in [0.2, 0.25) is 11.8 Å². The second kappa shape index (κ2) is 9.08. The maximum absolute atomic E-state index is 12.4. The van der Waals surface area contributed by atoms with Crippen LogP contribution in [0.1, 0.15) is 23.7 Å². The quantitative estimate of drug-likeness (QED) is 0.693. The van der Waals surface area contributed by atoms with Crippen molar-refractivity contribution in [1.82, 2.24) is 0 Å². The standard InChI is InChI=1S/C21H21N3O6/c1-13(21(28)23-15-8-6-14(7-9-15)20(22)27)30-19(26)12-24-16-4-2-3-5-17(16)29-11-10-18(24)25/h2-9,13H,10-12H2,1H3,(H2,22,27)(H,23,28)/t13-/m1/s1. The summed E-state index contributed by atoms with van der Waals surface area (Å²) in [5, 5.41) is 2.58. The summed E-state index contributed by atoms with van der Waals surface area (Å²) in [4.78, 5) is 49.4. The van der Waals surface area contributed by atoms with Crippen LogP contribution in [0.25, 0.3) is 0 Å². The molecular formula is C21H21N3O6. The average Bonchev–Trinajstić information content (AvgIpc) is 2.87. The molecule has 3 rings (SSSR count). The third kappa shape index (κ3) is 4.93. The minimum absolute atomic E-state index is 0.124. The maximum Gasteiger partial charge on any atom is 0.326 e. The van der Waals surface area contributed by atoms with E-state index in [0.29, 0.717) is 22.7 Å². The predicted octanol–water partition coefficient (Wildman–Crippen LogP) is 1.47. The van der Waals surface area contributed by atoms with Crippen LogP contribution in [-0.2, 0) is 19.1 Å². The number of nitrogens with one attached hydrogen (secondary N) is 1. The van der Waals surface area contributed by atoms with E-state index in [1.165, 1.54) is 36.1 Å². The molecule has 1 atom stereocenters. The summed E-state index contributed by atoms with van der Waals surface area (Å²) >= 11 is 0. The van der Waals surface area contributed by atoms with Crippen LogP contribution in [0.15, 0.2) is 48.5 Å². The van der Waals surface area contributed by atoms with Gasteiger partial charge < -0.3 is 20.5 Å². The highest BCUT2D eigenvalue weighted by Gasteiger charge is 2.27. The van der Waals surface area contributed by atoms with Crippen molar-refractivity contribution in [2.75, 3.05) is 23.4 Å². The van der Waals surface area contributed by atoms with E-state index in [-0.39, 0.29) is 25.5 Å². The van der Waals surface area contributed by atoms with Crippen molar-refractivity contribution in [2.45, 2.75) is 19.4 Å². The highest BCUT2D eigenvalue weighted by Crippen LogP contribution is 2.30. The lowest BCUT2D eigenvalue weighted by molar-refractivity contribution is -0.152. The molecule has 3 N–H and O–H groups in total. The molecule has 3 amide bonds. The number of benzene rings is 2. The molecule has 0 radical (unpaired) electrons. The largest absolute Gasteiger partial charge is 0.491 e. The van der Waals surface area contributed by atoms with Crippen LogP contribution in [0, 0.1) is 0 Å². The second-order valence-electron chi connectivity index (χ2n) is 6.61. The minimum atomic E-state index is -1.10. The first kappa shape index (κ1) is 20.8. The zero-order chi connectivity index (χ0) is 21.7. The molecule has 1 aliphatic heterocycles. The van der Waals surface area contributed by atoms with Gasteiger partial charge in [0.1, 0.15) is 12.3 Å². The number of primary amides is 1. The van der Waals surface area contributed by atoms with Crippen molar-refractivity contribution in [3.8, 4) is 5.75 Å². The molecular weight excluding hydrogens is 390 g/mol. The van der Waals surface area contributed by atoms with Crippen LogP contribution in [0.4, 0.5) is 11.4 Å². The first-order valence-corrected chi connectivity index (χ1v) is 9.27. The van der Waals surface area contributed by atoms with E-state index in [1.807, 2.05) is 0 Å². The number of rotatable bonds is 6. The van der Waals surface area contributed by atoms with E-state index in [2.05, 4.69) is 5.32 Å². The van der Waals surface area contributed by atoms with E-state index >= 15 is 0 Å². The molecule has 2 aromatic rings. The number of ether oxygens (including phenoxy) is 2. The van der Waals surface area contributed by atoms with E-state index in [9.17, 15) is 19.2 Å². The third-order valence-corrected chi connectivity index (χ3v) is 4.43. The fourth-order valence-electron chi connectivity index (χ4n) is 2.87. The van der Waals surface area contributed by atoms with Crippen LogP contribution < -0.4 is 20.7 Å². The van der Waals surface area contributed by atoms with Crippen molar-refractivity contribution in [2.24, 2.45) is 5.73 Å². The molecule has 9 heteroatoms. The molecule has 2 aromatic carbocycles. The molecule has 0 fully saturated rings. The van der Waals surface area contributed by atoms with E-state index in [4.69, 9.17) is 15.2 Å². The number of esters is 1. The molecule has 0 saturated heterocycles. The number of carbonyl (C=O) groups is 4. The molecule has 0 aromatic heterocycles. The second-order valence-corrected chi connectivity index (χ2v) is 6.61. The van der Waals surface area contributed by atoms with Gasteiger partial charge in [-0.3, -0.25) is 24.1 Å². The SMILES string of the molecule is C[C@@H](OC(=O)CN1C(=O)CCOc2ccccc21)C(=O)Nc1ccc(C(N)=O)cc1. The van der Waals surface area contributed by atoms with Crippen LogP contribution in [0.2, 0.25) is 0 Å². The Morgan fingerprint density at radius 1 is 1.17 bits per heavy atom. The monoisotopic (exact) mass is 411 g/mol. The summed E-state index contributed by atoms with van der Waals surface area (Å²) in [5.41, 5.74) is 6.37. The smallest absolute Gasteiger partial charge is 0.326 e. The Morgan fingerprint density at radius 2 is 1.87 bits per heavy atom. The van der Waals surface area contributed by atoms with Gasteiger partial charge in [-0.2, -0.15) is 0 Å². The fourth-order valence-corrected chi connectivity index (χ4v) is 2.87. The molecule has 0 spiro atoms. The van der Waals surface area contributed by atoms with Crippen molar-refractivity contribution >= 4 is 35.1 Å². The normalized spacial score (nSPS) is 14.0. The predicted molar refractivity (Wildman–Crippen MR) is 108 cm³/mol. The number of nitrogens with zero attached hydrogens (tertiary/aromatic N) is 1. The summed E-state index contributed by atoms with van der Waals surface area (Å²) < 4.78 is 10.7. The first-order chi connectivity index (χ1) is 14.3. The molecule has 0 saturated carbocycles. The molecule has 1 aliphatic rings. The summed E-state index contributed by atoms with van der Waals surface area (Å²) in [6.45, 7) is 1.30. The van der Waals surface area contributed by atoms with Gasteiger partial charge in [0.15, 0.2) is 6.10 Å². The first-order valence-electron chi connectivity index (χ1n) is 9.27. The van der Waals surface area contributed by atoms with E-state index in [1.54, 1.807) is 24.3 Å². The molecule has 156 valence electrons. The summed E-state index contributed by atoms with van der Waals surface area (Å²) in [6, 6.07) is 12.9. The van der Waals surface area contributed by atoms with Gasteiger partial charge in [-0.1, -0.05) is 12.1 Å². The van der Waals surface area contributed by atoms with Gasteiger partial charge in [-0.25, -0.2) is 0 Å².